The van der Waals surface area contributed by atoms with E-state index in [1.54, 1.807) is 0 Å². The summed E-state index contributed by atoms with van der Waals surface area (Å²) in [4.78, 5) is 14.2. The summed E-state index contributed by atoms with van der Waals surface area (Å²) in [6.07, 6.45) is 0. The topological polar surface area (TPSA) is 38.3 Å². The van der Waals surface area contributed by atoms with Crippen LogP contribution in [0, 0.1) is 0 Å². The van der Waals surface area contributed by atoms with Crippen molar-refractivity contribution in [2.24, 2.45) is 0 Å². The van der Waals surface area contributed by atoms with Crippen LogP contribution in [-0.4, -0.2) is 12.5 Å². The molecule has 0 rings (SSSR count). The number of hydroxylamine groups is 1. The summed E-state index contributed by atoms with van der Waals surface area (Å²) in [6.45, 7) is 3.85. The van der Waals surface area contributed by atoms with Crippen LogP contribution in [0.4, 0.5) is 0 Å². The van der Waals surface area contributed by atoms with Gasteiger partial charge in [0.2, 0.25) is 0 Å². The molecule has 0 fully saturated rings. The molecule has 0 unspecified atom stereocenters. The van der Waals surface area contributed by atoms with Crippen molar-refractivity contribution in [1.82, 2.24) is 5.48 Å². The largest absolute Gasteiger partial charge is 1.00 e. The number of nitrogens with one attached hydrogen (secondary N) is 1. The Morgan fingerprint density at radius 2 is 2.38 bits per heavy atom. The van der Waals surface area contributed by atoms with E-state index >= 15 is 0 Å². The fourth-order valence-electron chi connectivity index (χ4n) is 0.174. The molecule has 0 saturated heterocycles. The Balaban J connectivity index is -0.000000180. The van der Waals surface area contributed by atoms with Gasteiger partial charge in [-0.2, -0.15) is 5.48 Å². The standard InChI is InChI=1S/C4H9NO2.Na.H/c1-3-5-7-4(2)6;;/h5H,3H2,1-2H3;;/q;+1;-1. The van der Waals surface area contributed by atoms with Crippen molar-refractivity contribution < 1.29 is 40.6 Å². The first-order valence-electron chi connectivity index (χ1n) is 2.17. The predicted molar refractivity (Wildman–Crippen MR) is 26.6 cm³/mol. The average molecular weight is 127 g/mol. The summed E-state index contributed by atoms with van der Waals surface area (Å²) in [5, 5.41) is 0. The van der Waals surface area contributed by atoms with E-state index in [2.05, 4.69) is 10.3 Å². The van der Waals surface area contributed by atoms with Gasteiger partial charge in [0.25, 0.3) is 0 Å². The second-order valence-electron chi connectivity index (χ2n) is 1.09. The minimum Gasteiger partial charge on any atom is -1.00 e. The van der Waals surface area contributed by atoms with E-state index in [4.69, 9.17) is 0 Å². The first-order chi connectivity index (χ1) is 3.27. The van der Waals surface area contributed by atoms with Gasteiger partial charge in [0.05, 0.1) is 0 Å². The maximum absolute atomic E-state index is 9.92. The zero-order valence-corrected chi connectivity index (χ0v) is 7.52. The van der Waals surface area contributed by atoms with E-state index in [-0.39, 0.29) is 37.0 Å². The third kappa shape index (κ3) is 9.66. The Morgan fingerprint density at radius 1 is 1.88 bits per heavy atom. The van der Waals surface area contributed by atoms with Gasteiger partial charge in [-0.3, -0.25) is 4.79 Å². The molecule has 0 radical (unpaired) electrons. The normalized spacial score (nSPS) is 7.25. The van der Waals surface area contributed by atoms with Gasteiger partial charge in [0, 0.05) is 13.5 Å². The molecule has 4 heteroatoms. The van der Waals surface area contributed by atoms with Crippen molar-refractivity contribution in [3.63, 3.8) is 0 Å². The monoisotopic (exact) mass is 127 g/mol. The van der Waals surface area contributed by atoms with Gasteiger partial charge < -0.3 is 6.26 Å². The second-order valence-corrected chi connectivity index (χ2v) is 1.09. The average Bonchev–Trinajstić information content (AvgIpc) is 1.61. The molecule has 0 atom stereocenters. The molecule has 0 spiro atoms. The molecule has 0 aromatic carbocycles. The number of hydrogen-bond donors (Lipinski definition) is 1. The molecule has 0 aromatic rings. The van der Waals surface area contributed by atoms with Crippen LogP contribution < -0.4 is 35.0 Å². The number of carbonyl (C=O) groups is 1. The van der Waals surface area contributed by atoms with Crippen LogP contribution in [0.1, 0.15) is 15.3 Å². The summed E-state index contributed by atoms with van der Waals surface area (Å²) in [5.74, 6) is -0.304. The maximum atomic E-state index is 9.92. The fraction of sp³-hybridized carbons (Fsp3) is 0.750. The summed E-state index contributed by atoms with van der Waals surface area (Å²) in [5.41, 5.74) is 2.40. The first kappa shape index (κ1) is 11.3. The van der Waals surface area contributed by atoms with Crippen LogP contribution in [0.5, 0.6) is 0 Å². The molecule has 0 bridgehead atoms. The SMILES string of the molecule is CCNOC(C)=O.[H-].[Na+]. The van der Waals surface area contributed by atoms with E-state index in [1.165, 1.54) is 6.92 Å². The van der Waals surface area contributed by atoms with Crippen molar-refractivity contribution in [2.75, 3.05) is 6.54 Å². The maximum Gasteiger partial charge on any atom is 1.00 e. The van der Waals surface area contributed by atoms with Crippen LogP contribution in [-0.2, 0) is 9.63 Å². The van der Waals surface area contributed by atoms with Crippen LogP contribution in [0.15, 0.2) is 0 Å². The summed E-state index contributed by atoms with van der Waals surface area (Å²) in [7, 11) is 0. The molecular formula is C4H10NNaO2. The quantitative estimate of drug-likeness (QED) is 0.321. The van der Waals surface area contributed by atoms with Gasteiger partial charge in [0.1, 0.15) is 0 Å². The van der Waals surface area contributed by atoms with Crippen molar-refractivity contribution in [1.29, 1.82) is 0 Å². The zero-order chi connectivity index (χ0) is 5.70. The second kappa shape index (κ2) is 7.43. The molecule has 1 N–H and O–H groups in total. The van der Waals surface area contributed by atoms with Crippen molar-refractivity contribution in [3.8, 4) is 0 Å². The number of carbonyl (C=O) groups excluding carboxylic acids is 1. The Morgan fingerprint density at radius 3 is 2.50 bits per heavy atom. The van der Waals surface area contributed by atoms with Crippen LogP contribution in [0.2, 0.25) is 0 Å². The Bertz CT molecular complexity index is 71.6. The first-order valence-corrected chi connectivity index (χ1v) is 2.17. The van der Waals surface area contributed by atoms with E-state index in [0.717, 1.165) is 0 Å². The molecule has 0 aliphatic rings. The molecule has 0 aromatic heterocycles. The molecule has 0 aliphatic carbocycles. The molecule has 3 nitrogen and oxygen atoms in total. The van der Waals surface area contributed by atoms with Crippen LogP contribution in [0.3, 0.4) is 0 Å². The van der Waals surface area contributed by atoms with E-state index < -0.39 is 0 Å². The van der Waals surface area contributed by atoms with Crippen LogP contribution in [0.25, 0.3) is 0 Å². The van der Waals surface area contributed by atoms with Gasteiger partial charge in [-0.25, -0.2) is 0 Å². The Labute approximate surface area is 72.5 Å². The van der Waals surface area contributed by atoms with Crippen molar-refractivity contribution >= 4 is 5.97 Å². The molecule has 0 saturated carbocycles. The summed E-state index contributed by atoms with van der Waals surface area (Å²) >= 11 is 0. The van der Waals surface area contributed by atoms with Gasteiger partial charge in [-0.1, -0.05) is 0 Å². The summed E-state index contributed by atoms with van der Waals surface area (Å²) < 4.78 is 0. The van der Waals surface area contributed by atoms with E-state index in [1.807, 2.05) is 6.92 Å². The van der Waals surface area contributed by atoms with Gasteiger partial charge >= 0.3 is 35.5 Å². The molecule has 0 aliphatic heterocycles. The van der Waals surface area contributed by atoms with E-state index in [9.17, 15) is 4.79 Å². The third-order valence-electron chi connectivity index (χ3n) is 0.360. The number of hydrogen-bond acceptors (Lipinski definition) is 3. The van der Waals surface area contributed by atoms with Gasteiger partial charge in [-0.15, -0.1) is 0 Å². The van der Waals surface area contributed by atoms with E-state index in [0.29, 0.717) is 6.54 Å². The summed E-state index contributed by atoms with van der Waals surface area (Å²) in [6, 6.07) is 0. The molecule has 0 heterocycles. The Hall–Kier alpha value is 0.430. The van der Waals surface area contributed by atoms with Crippen molar-refractivity contribution in [3.05, 3.63) is 0 Å². The fourth-order valence-corrected chi connectivity index (χ4v) is 0.174. The van der Waals surface area contributed by atoms with Crippen molar-refractivity contribution in [2.45, 2.75) is 13.8 Å². The minimum absolute atomic E-state index is 0. The minimum atomic E-state index is -0.304. The Kier molecular flexibility index (Phi) is 10.5. The van der Waals surface area contributed by atoms with Gasteiger partial charge in [-0.05, 0) is 6.92 Å². The zero-order valence-electron chi connectivity index (χ0n) is 6.52. The molecule has 44 valence electrons. The smallest absolute Gasteiger partial charge is 1.00 e. The predicted octanol–water partition coefficient (Wildman–Crippen LogP) is -2.81. The molecular weight excluding hydrogens is 117 g/mol. The molecule has 8 heavy (non-hydrogen) atoms. The van der Waals surface area contributed by atoms with Gasteiger partial charge in [0.15, 0.2) is 0 Å². The molecule has 0 amide bonds. The van der Waals surface area contributed by atoms with Crippen LogP contribution >= 0.6 is 0 Å². The number of rotatable bonds is 2. The third-order valence-corrected chi connectivity index (χ3v) is 0.360.